The van der Waals surface area contributed by atoms with Gasteiger partial charge >= 0.3 is 0 Å². The first-order valence-electron chi connectivity index (χ1n) is 14.0. The van der Waals surface area contributed by atoms with Crippen LogP contribution in [0, 0.1) is 34.5 Å². The fourth-order valence-electron chi connectivity index (χ4n) is 9.76. The summed E-state index contributed by atoms with van der Waals surface area (Å²) in [4.78, 5) is 15.3. The van der Waals surface area contributed by atoms with E-state index in [9.17, 15) is 4.79 Å². The molecule has 4 aliphatic carbocycles. The minimum Gasteiger partial charge on any atom is -0.494 e. The molecule has 7 heteroatoms. The zero-order valence-corrected chi connectivity index (χ0v) is 22.4. The van der Waals surface area contributed by atoms with E-state index in [0.717, 1.165) is 50.5 Å². The van der Waals surface area contributed by atoms with E-state index < -0.39 is 0 Å². The maximum absolute atomic E-state index is 13.8. The summed E-state index contributed by atoms with van der Waals surface area (Å²) in [6.07, 6.45) is 9.64. The number of nitrogens with zero attached hydrogens (tertiary/aromatic N) is 3. The molecule has 1 aromatic carbocycles. The van der Waals surface area contributed by atoms with Crippen LogP contribution in [0.2, 0.25) is 0 Å². The van der Waals surface area contributed by atoms with Gasteiger partial charge in [0.15, 0.2) is 11.3 Å². The second kappa shape index (κ2) is 8.00. The van der Waals surface area contributed by atoms with Crippen LogP contribution in [0.1, 0.15) is 78.6 Å². The summed E-state index contributed by atoms with van der Waals surface area (Å²) < 4.78 is 5.43. The number of carbonyl (C=O) groups is 1. The van der Waals surface area contributed by atoms with Crippen molar-refractivity contribution in [3.63, 3.8) is 0 Å². The van der Waals surface area contributed by atoms with Crippen molar-refractivity contribution in [3.05, 3.63) is 18.2 Å². The van der Waals surface area contributed by atoms with E-state index in [1.165, 1.54) is 12.8 Å². The highest BCUT2D eigenvalue weighted by atomic mass is 16.5. The Morgan fingerprint density at radius 3 is 2.64 bits per heavy atom. The first-order valence-corrected chi connectivity index (χ1v) is 14.0. The lowest BCUT2D eigenvalue weighted by Crippen LogP contribution is -2.74. The minimum atomic E-state index is -0.230. The van der Waals surface area contributed by atoms with Crippen LogP contribution in [-0.4, -0.2) is 39.0 Å². The highest BCUT2D eigenvalue weighted by Gasteiger charge is 2.68. The molecule has 0 amide bonds. The lowest BCUT2D eigenvalue weighted by atomic mass is 9.39. The van der Waals surface area contributed by atoms with E-state index in [1.807, 2.05) is 18.2 Å². The fourth-order valence-corrected chi connectivity index (χ4v) is 9.76. The molecule has 8 atom stereocenters. The molecule has 0 saturated heterocycles. The third-order valence-corrected chi connectivity index (χ3v) is 11.7. The number of benzene rings is 1. The summed E-state index contributed by atoms with van der Waals surface area (Å²) in [5.41, 5.74) is 15.9. The number of carbonyl (C=O) groups excluding carboxylic acids is 1. The molecule has 4 aliphatic rings. The Morgan fingerprint density at radius 1 is 1.06 bits per heavy atom. The molecule has 2 aromatic rings. The van der Waals surface area contributed by atoms with Gasteiger partial charge in [-0.2, -0.15) is 9.90 Å². The Bertz CT molecular complexity index is 1200. The number of hydrogen-bond donors (Lipinski definition) is 2. The second-order valence-electron chi connectivity index (χ2n) is 13.3. The van der Waals surface area contributed by atoms with Crippen LogP contribution in [0.3, 0.4) is 0 Å². The second-order valence-corrected chi connectivity index (χ2v) is 13.3. The highest BCUT2D eigenvalue weighted by molar-refractivity contribution is 5.83. The average Bonchev–Trinajstić information content (AvgIpc) is 3.41. The number of Topliss-reactive ketones (excluding diaryl/α,β-unsaturated/α-hetero) is 1. The van der Waals surface area contributed by atoms with E-state index in [0.29, 0.717) is 29.0 Å². The molecule has 1 heterocycles. The predicted octanol–water partition coefficient (Wildman–Crippen LogP) is 4.47. The fraction of sp³-hybridized carbons (Fsp3) is 0.759. The quantitative estimate of drug-likeness (QED) is 0.651. The Labute approximate surface area is 214 Å². The average molecular weight is 494 g/mol. The minimum absolute atomic E-state index is 0.00336. The predicted molar refractivity (Wildman–Crippen MR) is 140 cm³/mol. The Balaban J connectivity index is 1.25. The number of rotatable bonds is 4. The van der Waals surface area contributed by atoms with Gasteiger partial charge in [0.2, 0.25) is 0 Å². The molecule has 196 valence electrons. The molecule has 36 heavy (non-hydrogen) atoms. The first kappa shape index (κ1) is 24.4. The Hall–Kier alpha value is -1.99. The van der Waals surface area contributed by atoms with E-state index in [-0.39, 0.29) is 40.2 Å². The third-order valence-electron chi connectivity index (χ3n) is 11.7. The lowest BCUT2D eigenvalue weighted by molar-refractivity contribution is -0.149. The Kier molecular flexibility index (Phi) is 5.41. The molecule has 0 radical (unpaired) electrons. The van der Waals surface area contributed by atoms with E-state index in [1.54, 1.807) is 11.9 Å². The van der Waals surface area contributed by atoms with Crippen molar-refractivity contribution in [1.82, 2.24) is 15.0 Å². The number of hydrogen-bond acceptors (Lipinski definition) is 6. The lowest BCUT2D eigenvalue weighted by Gasteiger charge is -2.68. The van der Waals surface area contributed by atoms with Gasteiger partial charge in [-0.05, 0) is 92.1 Å². The van der Waals surface area contributed by atoms with Crippen LogP contribution in [0.15, 0.2) is 18.2 Å². The van der Waals surface area contributed by atoms with Gasteiger partial charge in [-0.1, -0.05) is 33.3 Å². The standard InChI is InChI=1S/C29H43N5O2/c1-18-10-13-27(3)24-11-12-26(2)19(8-9-23(26)29(24,31)15-14-28(27,30)16-18)21(35)17-34-32-20-6-5-7-22(36-4)25(20)33-34/h5-7,18-19,23-24H,8-17,30-31H2,1-4H3/t18?,19-,23-,24-,26-,27?,28?,29?/m1/s1. The summed E-state index contributed by atoms with van der Waals surface area (Å²) in [5, 5.41) is 9.16. The van der Waals surface area contributed by atoms with Crippen LogP contribution in [0.25, 0.3) is 11.0 Å². The molecular weight excluding hydrogens is 450 g/mol. The summed E-state index contributed by atoms with van der Waals surface area (Å²) >= 11 is 0. The Morgan fingerprint density at radius 2 is 1.86 bits per heavy atom. The molecule has 0 bridgehead atoms. The first-order chi connectivity index (χ1) is 17.0. The van der Waals surface area contributed by atoms with Crippen LogP contribution in [0.4, 0.5) is 0 Å². The summed E-state index contributed by atoms with van der Waals surface area (Å²) in [5.74, 6) is 2.42. The number of nitrogens with two attached hydrogens (primary N) is 2. The summed E-state index contributed by atoms with van der Waals surface area (Å²) in [7, 11) is 1.63. The van der Waals surface area contributed by atoms with Gasteiger partial charge in [-0.15, -0.1) is 5.10 Å². The van der Waals surface area contributed by atoms with Crippen molar-refractivity contribution in [2.45, 2.75) is 96.2 Å². The van der Waals surface area contributed by atoms with Crippen molar-refractivity contribution in [3.8, 4) is 5.75 Å². The van der Waals surface area contributed by atoms with Gasteiger partial charge in [0.25, 0.3) is 0 Å². The number of fused-ring (bicyclic) bond motifs is 6. The molecular formula is C29H43N5O2. The smallest absolute Gasteiger partial charge is 0.159 e. The molecule has 4 unspecified atom stereocenters. The number of methoxy groups -OCH3 is 1. The molecule has 6 rings (SSSR count). The zero-order chi connectivity index (χ0) is 25.5. The maximum atomic E-state index is 13.8. The van der Waals surface area contributed by atoms with Crippen molar-refractivity contribution in [2.75, 3.05) is 7.11 Å². The van der Waals surface area contributed by atoms with Gasteiger partial charge in [0, 0.05) is 17.0 Å². The largest absolute Gasteiger partial charge is 0.494 e. The van der Waals surface area contributed by atoms with Gasteiger partial charge in [0.05, 0.1) is 7.11 Å². The topological polar surface area (TPSA) is 109 Å². The van der Waals surface area contributed by atoms with Crippen molar-refractivity contribution in [2.24, 2.45) is 46.0 Å². The SMILES string of the molecule is COc1cccc2nn(CC(=O)[C@H]3CC[C@H]4C5(N)CCC6(N)CC(C)CCC6(C)[C@H]5CC[C@]34C)nc12. The van der Waals surface area contributed by atoms with Crippen LogP contribution >= 0.6 is 0 Å². The van der Waals surface area contributed by atoms with Gasteiger partial charge in [-0.25, -0.2) is 0 Å². The molecule has 0 spiro atoms. The molecule has 7 nitrogen and oxygen atoms in total. The highest BCUT2D eigenvalue weighted by Crippen LogP contribution is 2.69. The van der Waals surface area contributed by atoms with Gasteiger partial charge in [0.1, 0.15) is 17.8 Å². The molecule has 0 aliphatic heterocycles. The molecule has 4 saturated carbocycles. The van der Waals surface area contributed by atoms with Gasteiger partial charge < -0.3 is 16.2 Å². The van der Waals surface area contributed by atoms with Crippen LogP contribution in [-0.2, 0) is 11.3 Å². The third kappa shape index (κ3) is 3.20. The molecule has 1 aromatic heterocycles. The zero-order valence-electron chi connectivity index (χ0n) is 22.4. The number of aromatic nitrogens is 3. The molecule has 4 fully saturated rings. The van der Waals surface area contributed by atoms with Crippen molar-refractivity contribution < 1.29 is 9.53 Å². The summed E-state index contributed by atoms with van der Waals surface area (Å²) in [6.45, 7) is 7.36. The molecule has 4 N–H and O–H groups in total. The van der Waals surface area contributed by atoms with E-state index in [4.69, 9.17) is 16.2 Å². The summed E-state index contributed by atoms with van der Waals surface area (Å²) in [6, 6.07) is 5.68. The van der Waals surface area contributed by atoms with Crippen molar-refractivity contribution in [1.29, 1.82) is 0 Å². The van der Waals surface area contributed by atoms with Crippen LogP contribution < -0.4 is 16.2 Å². The van der Waals surface area contributed by atoms with E-state index in [2.05, 4.69) is 31.0 Å². The van der Waals surface area contributed by atoms with E-state index >= 15 is 0 Å². The number of ketones is 1. The normalized spacial score (nSPS) is 44.1. The van der Waals surface area contributed by atoms with Crippen molar-refractivity contribution >= 4 is 16.8 Å². The monoisotopic (exact) mass is 493 g/mol. The number of ether oxygens (including phenoxy) is 1. The van der Waals surface area contributed by atoms with Crippen LogP contribution in [0.5, 0.6) is 5.75 Å². The van der Waals surface area contributed by atoms with Gasteiger partial charge in [-0.3, -0.25) is 4.79 Å². The maximum Gasteiger partial charge on any atom is 0.159 e.